The van der Waals surface area contributed by atoms with E-state index in [2.05, 4.69) is 5.32 Å². The number of nitrogens with one attached hydrogen (secondary N) is 1. The third kappa shape index (κ3) is 6.15. The molecule has 0 amide bonds. The maximum Gasteiger partial charge on any atom is 0.421 e. The van der Waals surface area contributed by atoms with Gasteiger partial charge in [0.15, 0.2) is 15.4 Å². The smallest absolute Gasteiger partial charge is 0.376 e. The molecular weight excluding hydrogens is 491 g/mol. The molecule has 3 N–H and O–H groups in total. The molecule has 0 spiro atoms. The third-order valence-electron chi connectivity index (χ3n) is 6.41. The van der Waals surface area contributed by atoms with Crippen LogP contribution in [-0.4, -0.2) is 30.6 Å². The normalized spacial score (nSPS) is 16.9. The molecule has 4 rings (SSSR count). The minimum Gasteiger partial charge on any atom is -0.376 e. The van der Waals surface area contributed by atoms with Crippen LogP contribution in [0.2, 0.25) is 0 Å². The van der Waals surface area contributed by atoms with Gasteiger partial charge < -0.3 is 10.2 Å². The molecule has 0 bridgehead atoms. The van der Waals surface area contributed by atoms with E-state index in [1.54, 1.807) is 42.5 Å². The predicted molar refractivity (Wildman–Crippen MR) is 130 cm³/mol. The summed E-state index contributed by atoms with van der Waals surface area (Å²) < 4.78 is 66.3. The van der Waals surface area contributed by atoms with Gasteiger partial charge in [-0.15, -0.1) is 0 Å². The fourth-order valence-electron chi connectivity index (χ4n) is 4.04. The summed E-state index contributed by atoms with van der Waals surface area (Å²) in [6, 6.07) is 19.4. The highest BCUT2D eigenvalue weighted by molar-refractivity contribution is 7.91. The zero-order valence-corrected chi connectivity index (χ0v) is 20.3. The monoisotopic (exact) mass is 519 g/mol. The van der Waals surface area contributed by atoms with Crippen molar-refractivity contribution >= 4 is 9.84 Å². The lowest BCUT2D eigenvalue weighted by Crippen LogP contribution is -2.44. The van der Waals surface area contributed by atoms with Crippen molar-refractivity contribution < 1.29 is 31.8 Å². The average molecular weight is 520 g/mol. The molecule has 0 aliphatic heterocycles. The molecule has 0 radical (unpaired) electrons. The first-order valence-electron chi connectivity index (χ1n) is 11.6. The van der Waals surface area contributed by atoms with E-state index in [0.29, 0.717) is 11.1 Å². The van der Waals surface area contributed by atoms with Crippen LogP contribution in [0.4, 0.5) is 13.2 Å². The highest BCUT2D eigenvalue weighted by atomic mass is 32.2. The zero-order chi connectivity index (χ0) is 26.0. The van der Waals surface area contributed by atoms with Crippen LogP contribution < -0.4 is 5.32 Å². The Morgan fingerprint density at radius 3 is 2.06 bits per heavy atom. The van der Waals surface area contributed by atoms with Crippen molar-refractivity contribution in [3.8, 4) is 0 Å². The molecule has 36 heavy (non-hydrogen) atoms. The van der Waals surface area contributed by atoms with Crippen molar-refractivity contribution in [3.63, 3.8) is 0 Å². The van der Waals surface area contributed by atoms with E-state index in [-0.39, 0.29) is 28.7 Å². The number of hydrogen-bond donors (Lipinski definition) is 3. The van der Waals surface area contributed by atoms with Crippen LogP contribution in [0.15, 0.2) is 83.8 Å². The van der Waals surface area contributed by atoms with Crippen LogP contribution in [0.3, 0.4) is 0 Å². The topological polar surface area (TPSA) is 86.6 Å². The predicted octanol–water partition coefficient (Wildman–Crippen LogP) is 4.64. The van der Waals surface area contributed by atoms with Crippen molar-refractivity contribution in [3.05, 3.63) is 101 Å². The number of aliphatic hydroxyl groups is 2. The van der Waals surface area contributed by atoms with Gasteiger partial charge in [0.05, 0.1) is 10.6 Å². The molecule has 3 aromatic rings. The van der Waals surface area contributed by atoms with E-state index in [1.165, 1.54) is 24.3 Å². The SMILES string of the molecule is O=S(=O)(CC1CC1)c1ccc(CNC(O)c2ccc(C(O)(Cc3ccccc3)C(F)(F)F)cc2)cc1. The largest absolute Gasteiger partial charge is 0.421 e. The van der Waals surface area contributed by atoms with Crippen LogP contribution in [0, 0.1) is 5.92 Å². The van der Waals surface area contributed by atoms with Gasteiger partial charge in [0.25, 0.3) is 0 Å². The molecule has 2 unspecified atom stereocenters. The average Bonchev–Trinajstić information content (AvgIpc) is 3.66. The Labute approximate surface area is 208 Å². The van der Waals surface area contributed by atoms with Crippen molar-refractivity contribution in [1.82, 2.24) is 5.32 Å². The quantitative estimate of drug-likeness (QED) is 0.340. The minimum atomic E-state index is -4.90. The Kier molecular flexibility index (Phi) is 7.56. The lowest BCUT2D eigenvalue weighted by atomic mass is 9.86. The Hall–Kier alpha value is -2.72. The van der Waals surface area contributed by atoms with Gasteiger partial charge in [-0.25, -0.2) is 8.42 Å². The summed E-state index contributed by atoms with van der Waals surface area (Å²) in [5.41, 5.74) is -1.99. The highest BCUT2D eigenvalue weighted by Crippen LogP contribution is 2.41. The van der Waals surface area contributed by atoms with E-state index in [9.17, 15) is 31.8 Å². The molecule has 0 saturated heterocycles. The summed E-state index contributed by atoms with van der Waals surface area (Å²) in [7, 11) is -3.31. The number of benzene rings is 3. The summed E-state index contributed by atoms with van der Waals surface area (Å²) in [5.74, 6) is 0.414. The molecule has 5 nitrogen and oxygen atoms in total. The number of rotatable bonds is 10. The fraction of sp³-hybridized carbons (Fsp3) is 0.333. The molecule has 1 fully saturated rings. The molecule has 0 aromatic heterocycles. The van der Waals surface area contributed by atoms with Gasteiger partial charge in [-0.2, -0.15) is 13.2 Å². The van der Waals surface area contributed by atoms with E-state index in [1.807, 2.05) is 0 Å². The maximum absolute atomic E-state index is 13.9. The number of halogens is 3. The Morgan fingerprint density at radius 1 is 0.889 bits per heavy atom. The second-order valence-electron chi connectivity index (χ2n) is 9.29. The minimum absolute atomic E-state index is 0.161. The molecule has 9 heteroatoms. The van der Waals surface area contributed by atoms with Crippen LogP contribution >= 0.6 is 0 Å². The first-order chi connectivity index (χ1) is 17.0. The molecule has 1 aliphatic carbocycles. The van der Waals surface area contributed by atoms with Gasteiger partial charge >= 0.3 is 6.18 Å². The summed E-state index contributed by atoms with van der Waals surface area (Å²) >= 11 is 0. The number of aliphatic hydroxyl groups excluding tert-OH is 1. The summed E-state index contributed by atoms with van der Waals surface area (Å²) in [4.78, 5) is 0.266. The number of alkyl halides is 3. The molecule has 3 aromatic carbocycles. The van der Waals surface area contributed by atoms with Crippen molar-refractivity contribution in [2.24, 2.45) is 5.92 Å². The molecule has 1 aliphatic rings. The van der Waals surface area contributed by atoms with Gasteiger partial charge in [0.2, 0.25) is 0 Å². The molecule has 2 atom stereocenters. The Bertz CT molecular complexity index is 1260. The van der Waals surface area contributed by atoms with Crippen LogP contribution in [0.5, 0.6) is 0 Å². The molecule has 0 heterocycles. The van der Waals surface area contributed by atoms with Crippen molar-refractivity contribution in [2.75, 3.05) is 5.75 Å². The summed E-state index contributed by atoms with van der Waals surface area (Å²) in [6.07, 6.45) is -4.82. The van der Waals surface area contributed by atoms with Crippen LogP contribution in [-0.2, 0) is 28.4 Å². The third-order valence-corrected chi connectivity index (χ3v) is 8.31. The summed E-state index contributed by atoms with van der Waals surface area (Å²) in [5, 5.41) is 24.0. The second-order valence-corrected chi connectivity index (χ2v) is 11.3. The van der Waals surface area contributed by atoms with Gasteiger partial charge in [0.1, 0.15) is 6.23 Å². The first-order valence-corrected chi connectivity index (χ1v) is 13.3. The summed E-state index contributed by atoms with van der Waals surface area (Å²) in [6.45, 7) is 0.215. The van der Waals surface area contributed by atoms with E-state index < -0.39 is 34.3 Å². The zero-order valence-electron chi connectivity index (χ0n) is 19.4. The number of hydrogen-bond acceptors (Lipinski definition) is 5. The standard InChI is InChI=1S/C27H28F3NO4S/c28-27(29,30)26(33,16-19-4-2-1-3-5-19)23-12-10-22(11-13-23)25(32)31-17-20-8-14-24(15-9-20)36(34,35)18-21-6-7-21/h1-5,8-15,21,25,31-33H,6-7,16-18H2. The molecule has 192 valence electrons. The fourth-order valence-corrected chi connectivity index (χ4v) is 5.73. The van der Waals surface area contributed by atoms with Crippen LogP contribution in [0.25, 0.3) is 0 Å². The van der Waals surface area contributed by atoms with Gasteiger partial charge in [-0.05, 0) is 53.1 Å². The first kappa shape index (κ1) is 26.3. The molecule has 1 saturated carbocycles. The van der Waals surface area contributed by atoms with Gasteiger partial charge in [0, 0.05) is 13.0 Å². The van der Waals surface area contributed by atoms with Crippen LogP contribution in [0.1, 0.15) is 41.3 Å². The van der Waals surface area contributed by atoms with Crippen molar-refractivity contribution in [1.29, 1.82) is 0 Å². The number of sulfone groups is 1. The second kappa shape index (κ2) is 10.3. The van der Waals surface area contributed by atoms with E-state index in [4.69, 9.17) is 0 Å². The van der Waals surface area contributed by atoms with E-state index >= 15 is 0 Å². The van der Waals surface area contributed by atoms with E-state index in [0.717, 1.165) is 30.5 Å². The Morgan fingerprint density at radius 2 is 1.50 bits per heavy atom. The highest BCUT2D eigenvalue weighted by Gasteiger charge is 2.54. The lowest BCUT2D eigenvalue weighted by Gasteiger charge is -2.31. The Balaban J connectivity index is 1.41. The maximum atomic E-state index is 13.9. The van der Waals surface area contributed by atoms with Gasteiger partial charge in [-0.3, -0.25) is 5.32 Å². The lowest BCUT2D eigenvalue weighted by molar-refractivity contribution is -0.266. The van der Waals surface area contributed by atoms with Gasteiger partial charge in [-0.1, -0.05) is 66.7 Å². The van der Waals surface area contributed by atoms with Crippen molar-refractivity contribution in [2.45, 2.75) is 48.7 Å². The molecular formula is C27H28F3NO4S.